The topological polar surface area (TPSA) is 29.1 Å². The molecule has 0 aliphatic heterocycles. The molecule has 5 heteroatoms. The predicted molar refractivity (Wildman–Crippen MR) is 86.7 cm³/mol. The third-order valence-corrected chi connectivity index (χ3v) is 4.64. The smallest absolute Gasteiger partial charge is 0.230 e. The molecule has 0 unspecified atom stereocenters. The van der Waals surface area contributed by atoms with Crippen LogP contribution in [0.3, 0.4) is 0 Å². The largest absolute Gasteiger partial charge is 0.355 e. The van der Waals surface area contributed by atoms with Crippen LogP contribution in [0.1, 0.15) is 37.7 Å². The number of halogens is 2. The molecule has 0 saturated heterocycles. The van der Waals surface area contributed by atoms with Crippen molar-refractivity contribution >= 4 is 17.7 Å². The predicted octanol–water partition coefficient (Wildman–Crippen LogP) is 4.20. The average molecular weight is 325 g/mol. The fourth-order valence-corrected chi connectivity index (χ4v) is 3.24. The van der Waals surface area contributed by atoms with Crippen LogP contribution in [0.15, 0.2) is 29.8 Å². The van der Waals surface area contributed by atoms with Crippen molar-refractivity contribution in [3.63, 3.8) is 0 Å². The van der Waals surface area contributed by atoms with Crippen molar-refractivity contribution in [1.82, 2.24) is 5.32 Å². The van der Waals surface area contributed by atoms with E-state index in [4.69, 9.17) is 0 Å². The SMILES string of the molecule is O=C(CSCc1ccc(F)c(F)c1)NCCC1=CCCCC1. The maximum atomic E-state index is 13.0. The molecule has 120 valence electrons. The number of hydrogen-bond donors (Lipinski definition) is 1. The molecule has 1 aromatic carbocycles. The van der Waals surface area contributed by atoms with E-state index in [0.29, 0.717) is 23.6 Å². The Balaban J connectivity index is 1.61. The molecule has 22 heavy (non-hydrogen) atoms. The zero-order chi connectivity index (χ0) is 15.8. The maximum absolute atomic E-state index is 13.0. The maximum Gasteiger partial charge on any atom is 0.230 e. The minimum Gasteiger partial charge on any atom is -0.355 e. The summed E-state index contributed by atoms with van der Waals surface area (Å²) >= 11 is 1.40. The molecule has 2 rings (SSSR count). The van der Waals surface area contributed by atoms with Gasteiger partial charge in [0, 0.05) is 12.3 Å². The highest BCUT2D eigenvalue weighted by molar-refractivity contribution is 7.99. The van der Waals surface area contributed by atoms with Gasteiger partial charge in [-0.15, -0.1) is 11.8 Å². The van der Waals surface area contributed by atoms with Crippen LogP contribution in [-0.4, -0.2) is 18.2 Å². The van der Waals surface area contributed by atoms with Crippen molar-refractivity contribution in [2.24, 2.45) is 0 Å². The minimum atomic E-state index is -0.844. The molecule has 0 aromatic heterocycles. The Morgan fingerprint density at radius 2 is 2.09 bits per heavy atom. The van der Waals surface area contributed by atoms with E-state index in [-0.39, 0.29) is 5.91 Å². The number of carbonyl (C=O) groups is 1. The Hall–Kier alpha value is -1.36. The fraction of sp³-hybridized carbons (Fsp3) is 0.471. The molecule has 0 saturated carbocycles. The lowest BCUT2D eigenvalue weighted by Gasteiger charge is -2.12. The number of amides is 1. The molecule has 1 aliphatic carbocycles. The van der Waals surface area contributed by atoms with Gasteiger partial charge in [0.2, 0.25) is 5.91 Å². The standard InChI is InChI=1S/C17H21F2NOS/c18-15-7-6-14(10-16(15)19)11-22-12-17(21)20-9-8-13-4-2-1-3-5-13/h4,6-7,10H,1-3,5,8-9,11-12H2,(H,20,21). The molecule has 1 amide bonds. The van der Waals surface area contributed by atoms with E-state index in [9.17, 15) is 13.6 Å². The second kappa shape index (κ2) is 8.93. The van der Waals surface area contributed by atoms with Crippen LogP contribution in [-0.2, 0) is 10.5 Å². The van der Waals surface area contributed by atoms with E-state index in [1.807, 2.05) is 0 Å². The number of hydrogen-bond acceptors (Lipinski definition) is 2. The second-order valence-corrected chi connectivity index (χ2v) is 6.43. The first-order valence-electron chi connectivity index (χ1n) is 7.61. The van der Waals surface area contributed by atoms with E-state index in [1.54, 1.807) is 6.07 Å². The van der Waals surface area contributed by atoms with Gasteiger partial charge in [-0.25, -0.2) is 8.78 Å². The third kappa shape index (κ3) is 5.79. The van der Waals surface area contributed by atoms with Gasteiger partial charge in [-0.2, -0.15) is 0 Å². The number of nitrogens with one attached hydrogen (secondary N) is 1. The van der Waals surface area contributed by atoms with Crippen molar-refractivity contribution in [2.45, 2.75) is 37.9 Å². The first kappa shape index (κ1) is 17.0. The molecule has 0 bridgehead atoms. The summed E-state index contributed by atoms with van der Waals surface area (Å²) in [5.41, 5.74) is 2.13. The highest BCUT2D eigenvalue weighted by Gasteiger charge is 2.06. The Labute approximate surface area is 134 Å². The van der Waals surface area contributed by atoms with E-state index in [1.165, 1.54) is 36.2 Å². The first-order valence-corrected chi connectivity index (χ1v) is 8.77. The zero-order valence-electron chi connectivity index (χ0n) is 12.5. The fourth-order valence-electron chi connectivity index (χ4n) is 2.44. The molecule has 0 heterocycles. The van der Waals surface area contributed by atoms with Gasteiger partial charge >= 0.3 is 0 Å². The highest BCUT2D eigenvalue weighted by Crippen LogP contribution is 2.19. The molecule has 0 atom stereocenters. The van der Waals surface area contributed by atoms with Crippen LogP contribution >= 0.6 is 11.8 Å². The number of benzene rings is 1. The van der Waals surface area contributed by atoms with Gasteiger partial charge in [-0.05, 0) is 49.8 Å². The second-order valence-electron chi connectivity index (χ2n) is 5.45. The van der Waals surface area contributed by atoms with E-state index in [2.05, 4.69) is 11.4 Å². The molecule has 1 N–H and O–H groups in total. The Morgan fingerprint density at radius 3 is 2.82 bits per heavy atom. The van der Waals surface area contributed by atoms with Gasteiger partial charge < -0.3 is 5.32 Å². The zero-order valence-corrected chi connectivity index (χ0v) is 13.4. The van der Waals surface area contributed by atoms with Crippen molar-refractivity contribution < 1.29 is 13.6 Å². The summed E-state index contributed by atoms with van der Waals surface area (Å²) in [5, 5.41) is 2.90. The summed E-state index contributed by atoms with van der Waals surface area (Å²) in [4.78, 5) is 11.7. The number of thioether (sulfide) groups is 1. The molecule has 2 nitrogen and oxygen atoms in total. The van der Waals surface area contributed by atoms with Gasteiger partial charge in [-0.3, -0.25) is 4.79 Å². The van der Waals surface area contributed by atoms with Crippen molar-refractivity contribution in [1.29, 1.82) is 0 Å². The quantitative estimate of drug-likeness (QED) is 0.761. The Bertz CT molecular complexity index is 545. The molecule has 1 aliphatic rings. The molecular formula is C17H21F2NOS. The Kier molecular flexibility index (Phi) is 6.90. The monoisotopic (exact) mass is 325 g/mol. The number of carbonyl (C=O) groups excluding carboxylic acids is 1. The van der Waals surface area contributed by atoms with Crippen molar-refractivity contribution in [3.05, 3.63) is 47.0 Å². The molecule has 0 radical (unpaired) electrons. The van der Waals surface area contributed by atoms with Crippen molar-refractivity contribution in [3.8, 4) is 0 Å². The summed E-state index contributed by atoms with van der Waals surface area (Å²) in [6, 6.07) is 3.83. The molecule has 1 aromatic rings. The van der Waals surface area contributed by atoms with Crippen LogP contribution in [0.4, 0.5) is 8.78 Å². The lowest BCUT2D eigenvalue weighted by molar-refractivity contribution is -0.118. The summed E-state index contributed by atoms with van der Waals surface area (Å²) in [5.74, 6) is -0.871. The van der Waals surface area contributed by atoms with Crippen LogP contribution < -0.4 is 5.32 Å². The summed E-state index contributed by atoms with van der Waals surface area (Å²) in [7, 11) is 0. The van der Waals surface area contributed by atoms with Crippen molar-refractivity contribution in [2.75, 3.05) is 12.3 Å². The summed E-state index contributed by atoms with van der Waals surface area (Å²) < 4.78 is 25.8. The third-order valence-electron chi connectivity index (χ3n) is 3.64. The van der Waals surface area contributed by atoms with Crippen LogP contribution in [0.25, 0.3) is 0 Å². The summed E-state index contributed by atoms with van der Waals surface area (Å²) in [6.07, 6.45) is 8.06. The van der Waals surface area contributed by atoms with E-state index >= 15 is 0 Å². The lowest BCUT2D eigenvalue weighted by atomic mass is 9.97. The van der Waals surface area contributed by atoms with Gasteiger partial charge in [0.15, 0.2) is 11.6 Å². The lowest BCUT2D eigenvalue weighted by Crippen LogP contribution is -2.26. The molecule has 0 spiro atoms. The van der Waals surface area contributed by atoms with Gasteiger partial charge in [-0.1, -0.05) is 17.7 Å². The number of rotatable bonds is 7. The van der Waals surface area contributed by atoms with Gasteiger partial charge in [0.05, 0.1) is 5.75 Å². The van der Waals surface area contributed by atoms with E-state index < -0.39 is 11.6 Å². The van der Waals surface area contributed by atoms with Gasteiger partial charge in [0.1, 0.15) is 0 Å². The normalized spacial score (nSPS) is 14.5. The first-order chi connectivity index (χ1) is 10.6. The molecule has 0 fully saturated rings. The van der Waals surface area contributed by atoms with Crippen LogP contribution in [0, 0.1) is 11.6 Å². The highest BCUT2D eigenvalue weighted by atomic mass is 32.2. The van der Waals surface area contributed by atoms with Crippen LogP contribution in [0.2, 0.25) is 0 Å². The molecular weight excluding hydrogens is 304 g/mol. The van der Waals surface area contributed by atoms with Crippen LogP contribution in [0.5, 0.6) is 0 Å². The minimum absolute atomic E-state index is 0.0102. The average Bonchev–Trinajstić information content (AvgIpc) is 2.52. The summed E-state index contributed by atoms with van der Waals surface area (Å²) in [6.45, 7) is 0.677. The number of allylic oxidation sites excluding steroid dienone is 1. The van der Waals surface area contributed by atoms with Gasteiger partial charge in [0.25, 0.3) is 0 Å². The Morgan fingerprint density at radius 1 is 1.23 bits per heavy atom. The van der Waals surface area contributed by atoms with E-state index in [0.717, 1.165) is 25.3 Å².